The van der Waals surface area contributed by atoms with Crippen LogP contribution in [0.4, 0.5) is 5.95 Å². The van der Waals surface area contributed by atoms with Gasteiger partial charge < -0.3 is 5.73 Å². The number of nitrogen functional groups attached to an aromatic ring is 1. The summed E-state index contributed by atoms with van der Waals surface area (Å²) in [5.74, 6) is 2.49. The van der Waals surface area contributed by atoms with Gasteiger partial charge in [0, 0.05) is 18.2 Å². The predicted octanol–water partition coefficient (Wildman–Crippen LogP) is 1.21. The Labute approximate surface area is 99.9 Å². The average Bonchev–Trinajstić information content (AvgIpc) is 2.58. The Bertz CT molecular complexity index is 511. The van der Waals surface area contributed by atoms with E-state index in [9.17, 15) is 0 Å². The van der Waals surface area contributed by atoms with Crippen LogP contribution in [0.5, 0.6) is 0 Å². The number of aryl methyl sites for hydroxylation is 3. The molecule has 90 valence electrons. The van der Waals surface area contributed by atoms with Crippen LogP contribution in [-0.4, -0.2) is 24.7 Å². The highest BCUT2D eigenvalue weighted by Gasteiger charge is 2.10. The van der Waals surface area contributed by atoms with Gasteiger partial charge in [0.25, 0.3) is 0 Å². The maximum atomic E-state index is 5.83. The quantitative estimate of drug-likeness (QED) is 0.860. The SMILES string of the molecule is CCCc1nc(N)n(-c2cc(C)nc(C)n2)n1. The Hall–Kier alpha value is -1.98. The normalized spacial score (nSPS) is 10.8. The molecule has 0 aliphatic carbocycles. The largest absolute Gasteiger partial charge is 0.368 e. The van der Waals surface area contributed by atoms with Crippen LogP contribution in [0.3, 0.4) is 0 Å². The Morgan fingerprint density at radius 1 is 1.24 bits per heavy atom. The van der Waals surface area contributed by atoms with Crippen LogP contribution in [0.2, 0.25) is 0 Å². The molecule has 0 aromatic carbocycles. The molecule has 0 aliphatic heterocycles. The molecule has 2 heterocycles. The zero-order valence-electron chi connectivity index (χ0n) is 10.3. The minimum atomic E-state index is 0.367. The number of hydrogen-bond donors (Lipinski definition) is 1. The molecular formula is C11H16N6. The van der Waals surface area contributed by atoms with Gasteiger partial charge in [-0.1, -0.05) is 6.92 Å². The van der Waals surface area contributed by atoms with Crippen LogP contribution in [0.15, 0.2) is 6.07 Å². The number of rotatable bonds is 3. The van der Waals surface area contributed by atoms with E-state index in [0.29, 0.717) is 17.6 Å². The molecule has 17 heavy (non-hydrogen) atoms. The van der Waals surface area contributed by atoms with E-state index in [1.54, 1.807) is 4.68 Å². The monoisotopic (exact) mass is 232 g/mol. The first-order chi connectivity index (χ1) is 8.10. The lowest BCUT2D eigenvalue weighted by Gasteiger charge is -2.03. The highest BCUT2D eigenvalue weighted by atomic mass is 15.4. The van der Waals surface area contributed by atoms with E-state index in [1.165, 1.54) is 0 Å². The molecule has 0 amide bonds. The fourth-order valence-corrected chi connectivity index (χ4v) is 1.67. The molecule has 2 aromatic rings. The standard InChI is InChI=1S/C11H16N6/c1-4-5-9-15-11(12)17(16-9)10-6-7(2)13-8(3)14-10/h6H,4-5H2,1-3H3,(H2,12,15,16). The van der Waals surface area contributed by atoms with Crippen molar-refractivity contribution in [1.29, 1.82) is 0 Å². The number of nitrogens with two attached hydrogens (primary N) is 1. The highest BCUT2D eigenvalue weighted by molar-refractivity contribution is 5.32. The first-order valence-corrected chi connectivity index (χ1v) is 5.64. The van der Waals surface area contributed by atoms with E-state index < -0.39 is 0 Å². The van der Waals surface area contributed by atoms with Crippen molar-refractivity contribution >= 4 is 5.95 Å². The van der Waals surface area contributed by atoms with Gasteiger partial charge in [-0.2, -0.15) is 9.67 Å². The Morgan fingerprint density at radius 2 is 2.00 bits per heavy atom. The van der Waals surface area contributed by atoms with Crippen molar-refractivity contribution < 1.29 is 0 Å². The van der Waals surface area contributed by atoms with Gasteiger partial charge in [0.2, 0.25) is 5.95 Å². The molecule has 0 unspecified atom stereocenters. The smallest absolute Gasteiger partial charge is 0.225 e. The minimum absolute atomic E-state index is 0.367. The zero-order valence-corrected chi connectivity index (χ0v) is 10.3. The van der Waals surface area contributed by atoms with Crippen LogP contribution in [-0.2, 0) is 6.42 Å². The molecule has 0 saturated heterocycles. The first-order valence-electron chi connectivity index (χ1n) is 5.64. The van der Waals surface area contributed by atoms with Crippen molar-refractivity contribution in [2.75, 3.05) is 5.73 Å². The summed E-state index contributed by atoms with van der Waals surface area (Å²) in [7, 11) is 0. The highest BCUT2D eigenvalue weighted by Crippen LogP contribution is 2.11. The van der Waals surface area contributed by atoms with Gasteiger partial charge in [-0.15, -0.1) is 5.10 Å². The summed E-state index contributed by atoms with van der Waals surface area (Å²) in [6.45, 7) is 5.84. The molecule has 2 N–H and O–H groups in total. The van der Waals surface area contributed by atoms with Crippen molar-refractivity contribution in [1.82, 2.24) is 24.7 Å². The number of aromatic nitrogens is 5. The summed E-state index contributed by atoms with van der Waals surface area (Å²) in [4.78, 5) is 12.7. The molecule has 0 saturated carbocycles. The van der Waals surface area contributed by atoms with Gasteiger partial charge in [-0.25, -0.2) is 9.97 Å². The van der Waals surface area contributed by atoms with Gasteiger partial charge in [-0.3, -0.25) is 0 Å². The number of nitrogens with zero attached hydrogens (tertiary/aromatic N) is 5. The molecule has 6 heteroatoms. The molecule has 0 fully saturated rings. The van der Waals surface area contributed by atoms with E-state index in [2.05, 4.69) is 27.0 Å². The Kier molecular flexibility index (Phi) is 3.03. The summed E-state index contributed by atoms with van der Waals surface area (Å²) < 4.78 is 1.56. The molecule has 0 bridgehead atoms. The molecule has 0 radical (unpaired) electrons. The van der Waals surface area contributed by atoms with E-state index in [4.69, 9.17) is 5.73 Å². The Balaban J connectivity index is 2.44. The van der Waals surface area contributed by atoms with Crippen molar-refractivity contribution in [2.45, 2.75) is 33.6 Å². The van der Waals surface area contributed by atoms with Crippen molar-refractivity contribution in [3.8, 4) is 5.82 Å². The number of anilines is 1. The Morgan fingerprint density at radius 3 is 2.65 bits per heavy atom. The van der Waals surface area contributed by atoms with E-state index >= 15 is 0 Å². The second-order valence-corrected chi connectivity index (χ2v) is 3.96. The van der Waals surface area contributed by atoms with Crippen molar-refractivity contribution in [3.63, 3.8) is 0 Å². The van der Waals surface area contributed by atoms with Crippen molar-refractivity contribution in [2.24, 2.45) is 0 Å². The third kappa shape index (κ3) is 2.41. The van der Waals surface area contributed by atoms with Gasteiger partial charge in [0.1, 0.15) is 5.82 Å². The van der Waals surface area contributed by atoms with Gasteiger partial charge in [-0.05, 0) is 20.3 Å². The average molecular weight is 232 g/mol. The number of hydrogen-bond acceptors (Lipinski definition) is 5. The van der Waals surface area contributed by atoms with Gasteiger partial charge in [0.15, 0.2) is 11.6 Å². The topological polar surface area (TPSA) is 82.5 Å². The van der Waals surface area contributed by atoms with Crippen LogP contribution in [0.1, 0.15) is 30.7 Å². The molecule has 2 aromatic heterocycles. The maximum Gasteiger partial charge on any atom is 0.225 e. The third-order valence-corrected chi connectivity index (χ3v) is 2.32. The summed E-state index contributed by atoms with van der Waals surface area (Å²) in [6.07, 6.45) is 1.81. The molecule has 6 nitrogen and oxygen atoms in total. The van der Waals surface area contributed by atoms with Gasteiger partial charge in [0.05, 0.1) is 0 Å². The van der Waals surface area contributed by atoms with Crippen LogP contribution < -0.4 is 5.73 Å². The van der Waals surface area contributed by atoms with E-state index in [-0.39, 0.29) is 0 Å². The van der Waals surface area contributed by atoms with Crippen LogP contribution in [0, 0.1) is 13.8 Å². The fourth-order valence-electron chi connectivity index (χ4n) is 1.67. The van der Waals surface area contributed by atoms with Crippen LogP contribution >= 0.6 is 0 Å². The minimum Gasteiger partial charge on any atom is -0.368 e. The van der Waals surface area contributed by atoms with Gasteiger partial charge >= 0.3 is 0 Å². The van der Waals surface area contributed by atoms with Crippen LogP contribution in [0.25, 0.3) is 5.82 Å². The molecule has 0 aliphatic rings. The lowest BCUT2D eigenvalue weighted by Crippen LogP contribution is -2.07. The summed E-state index contributed by atoms with van der Waals surface area (Å²) in [6, 6.07) is 1.84. The molecular weight excluding hydrogens is 216 g/mol. The van der Waals surface area contributed by atoms with Crippen molar-refractivity contribution in [3.05, 3.63) is 23.4 Å². The zero-order chi connectivity index (χ0) is 12.4. The van der Waals surface area contributed by atoms with E-state index in [0.717, 1.165) is 24.4 Å². The third-order valence-electron chi connectivity index (χ3n) is 2.32. The van der Waals surface area contributed by atoms with E-state index in [1.807, 2.05) is 19.9 Å². The first kappa shape index (κ1) is 11.5. The fraction of sp³-hybridized carbons (Fsp3) is 0.455. The lowest BCUT2D eigenvalue weighted by atomic mass is 10.3. The molecule has 0 spiro atoms. The summed E-state index contributed by atoms with van der Waals surface area (Å²) >= 11 is 0. The second-order valence-electron chi connectivity index (χ2n) is 3.96. The molecule has 0 atom stereocenters. The summed E-state index contributed by atoms with van der Waals surface area (Å²) in [5, 5.41) is 4.34. The molecule has 2 rings (SSSR count). The predicted molar refractivity (Wildman–Crippen MR) is 64.8 cm³/mol. The maximum absolute atomic E-state index is 5.83. The lowest BCUT2D eigenvalue weighted by molar-refractivity contribution is 0.779. The summed E-state index contributed by atoms with van der Waals surface area (Å²) in [5.41, 5.74) is 6.72. The second kappa shape index (κ2) is 4.48.